The van der Waals surface area contributed by atoms with Crippen molar-refractivity contribution in [1.29, 1.82) is 0 Å². The standard InChI is InChI=1S/C7H10N2OS/c1-2-5-4-11-7(9-5)3-6(8)10/h4H,2-3H2,1H3,(H2,8,10). The molecule has 0 radical (unpaired) electrons. The first kappa shape index (κ1) is 8.20. The summed E-state index contributed by atoms with van der Waals surface area (Å²) in [6, 6.07) is 0. The molecular formula is C7H10N2OS. The number of nitrogens with zero attached hydrogens (tertiary/aromatic N) is 1. The first-order valence-corrected chi connectivity index (χ1v) is 4.32. The molecule has 0 atom stereocenters. The second-order valence-electron chi connectivity index (χ2n) is 2.23. The lowest BCUT2D eigenvalue weighted by atomic mass is 10.4. The van der Waals surface area contributed by atoms with Crippen LogP contribution < -0.4 is 5.73 Å². The topological polar surface area (TPSA) is 56.0 Å². The summed E-state index contributed by atoms with van der Waals surface area (Å²) in [6.45, 7) is 2.03. The molecule has 60 valence electrons. The minimum atomic E-state index is -0.318. The van der Waals surface area contributed by atoms with Crippen molar-refractivity contribution in [3.63, 3.8) is 0 Å². The van der Waals surface area contributed by atoms with Gasteiger partial charge in [-0.3, -0.25) is 4.79 Å². The Morgan fingerprint density at radius 1 is 1.82 bits per heavy atom. The van der Waals surface area contributed by atoms with Gasteiger partial charge in [0.05, 0.1) is 12.1 Å². The zero-order chi connectivity index (χ0) is 8.27. The van der Waals surface area contributed by atoms with Gasteiger partial charge in [0.15, 0.2) is 0 Å². The van der Waals surface area contributed by atoms with Crippen molar-refractivity contribution >= 4 is 17.2 Å². The van der Waals surface area contributed by atoms with Crippen molar-refractivity contribution < 1.29 is 4.79 Å². The molecule has 0 unspecified atom stereocenters. The average molecular weight is 170 g/mol. The molecular weight excluding hydrogens is 160 g/mol. The summed E-state index contributed by atoms with van der Waals surface area (Å²) in [7, 11) is 0. The van der Waals surface area contributed by atoms with Gasteiger partial charge in [0, 0.05) is 5.38 Å². The average Bonchev–Trinajstić information content (AvgIpc) is 2.34. The molecule has 0 fully saturated rings. The first-order valence-electron chi connectivity index (χ1n) is 3.44. The van der Waals surface area contributed by atoms with Crippen molar-refractivity contribution in [2.24, 2.45) is 5.73 Å². The summed E-state index contributed by atoms with van der Waals surface area (Å²) in [4.78, 5) is 14.6. The Bertz CT molecular complexity index is 257. The molecule has 1 heterocycles. The minimum absolute atomic E-state index is 0.269. The maximum absolute atomic E-state index is 10.5. The highest BCUT2D eigenvalue weighted by atomic mass is 32.1. The highest BCUT2D eigenvalue weighted by Gasteiger charge is 2.02. The summed E-state index contributed by atoms with van der Waals surface area (Å²) in [5.41, 5.74) is 6.04. The van der Waals surface area contributed by atoms with Crippen LogP contribution in [0.1, 0.15) is 17.6 Å². The summed E-state index contributed by atoms with van der Waals surface area (Å²) in [6.07, 6.45) is 1.18. The zero-order valence-corrected chi connectivity index (χ0v) is 7.15. The van der Waals surface area contributed by atoms with E-state index in [1.165, 1.54) is 11.3 Å². The first-order chi connectivity index (χ1) is 5.22. The smallest absolute Gasteiger partial charge is 0.224 e. The number of carbonyl (C=O) groups excluding carboxylic acids is 1. The van der Waals surface area contributed by atoms with E-state index < -0.39 is 0 Å². The monoisotopic (exact) mass is 170 g/mol. The lowest BCUT2D eigenvalue weighted by Crippen LogP contribution is -2.13. The molecule has 0 aliphatic carbocycles. The molecule has 0 saturated carbocycles. The van der Waals surface area contributed by atoms with Crippen LogP contribution in [-0.2, 0) is 17.6 Å². The molecule has 1 aromatic heterocycles. The molecule has 1 aromatic rings. The molecule has 1 amide bonds. The fourth-order valence-electron chi connectivity index (χ4n) is 0.742. The van der Waals surface area contributed by atoms with Crippen LogP contribution in [0.4, 0.5) is 0 Å². The molecule has 0 aliphatic rings. The minimum Gasteiger partial charge on any atom is -0.369 e. The van der Waals surface area contributed by atoms with Gasteiger partial charge in [0.25, 0.3) is 0 Å². The molecule has 4 heteroatoms. The summed E-state index contributed by atoms with van der Waals surface area (Å²) in [5.74, 6) is -0.318. The molecule has 1 rings (SSSR count). The van der Waals surface area contributed by atoms with Gasteiger partial charge < -0.3 is 5.73 Å². The van der Waals surface area contributed by atoms with Crippen LogP contribution in [0, 0.1) is 0 Å². The lowest BCUT2D eigenvalue weighted by Gasteiger charge is -1.87. The molecule has 0 saturated heterocycles. The molecule has 0 bridgehead atoms. The number of hydrogen-bond acceptors (Lipinski definition) is 3. The van der Waals surface area contributed by atoms with Gasteiger partial charge in [-0.25, -0.2) is 4.98 Å². The highest BCUT2D eigenvalue weighted by molar-refractivity contribution is 7.09. The van der Waals surface area contributed by atoms with Gasteiger partial charge in [-0.1, -0.05) is 6.92 Å². The second kappa shape index (κ2) is 3.48. The molecule has 11 heavy (non-hydrogen) atoms. The summed E-state index contributed by atoms with van der Waals surface area (Å²) in [5, 5.41) is 2.77. The van der Waals surface area contributed by atoms with E-state index in [0.29, 0.717) is 0 Å². The highest BCUT2D eigenvalue weighted by Crippen LogP contribution is 2.10. The molecule has 3 nitrogen and oxygen atoms in total. The number of thiazole rings is 1. The quantitative estimate of drug-likeness (QED) is 0.727. The molecule has 0 aromatic carbocycles. The van der Waals surface area contributed by atoms with E-state index in [2.05, 4.69) is 4.98 Å². The van der Waals surface area contributed by atoms with Crippen LogP contribution in [0.3, 0.4) is 0 Å². The van der Waals surface area contributed by atoms with E-state index in [-0.39, 0.29) is 12.3 Å². The van der Waals surface area contributed by atoms with Gasteiger partial charge in [-0.2, -0.15) is 0 Å². The fourth-order valence-corrected chi connectivity index (χ4v) is 1.63. The van der Waals surface area contributed by atoms with Crippen LogP contribution in [0.2, 0.25) is 0 Å². The number of carbonyl (C=O) groups is 1. The molecule has 0 spiro atoms. The van der Waals surface area contributed by atoms with Crippen LogP contribution in [0.25, 0.3) is 0 Å². The van der Waals surface area contributed by atoms with E-state index in [9.17, 15) is 4.79 Å². The van der Waals surface area contributed by atoms with E-state index in [0.717, 1.165) is 17.1 Å². The van der Waals surface area contributed by atoms with E-state index in [1.807, 2.05) is 12.3 Å². The molecule has 2 N–H and O–H groups in total. The fraction of sp³-hybridized carbons (Fsp3) is 0.429. The second-order valence-corrected chi connectivity index (χ2v) is 3.17. The van der Waals surface area contributed by atoms with Crippen molar-refractivity contribution in [2.75, 3.05) is 0 Å². The maximum atomic E-state index is 10.5. The number of amides is 1. The van der Waals surface area contributed by atoms with Gasteiger partial charge in [0.1, 0.15) is 5.01 Å². The van der Waals surface area contributed by atoms with E-state index in [4.69, 9.17) is 5.73 Å². The Balaban J connectivity index is 2.65. The number of aryl methyl sites for hydroxylation is 1. The van der Waals surface area contributed by atoms with Gasteiger partial charge in [-0.15, -0.1) is 11.3 Å². The number of hydrogen-bond donors (Lipinski definition) is 1. The zero-order valence-electron chi connectivity index (χ0n) is 6.33. The number of primary amides is 1. The summed E-state index contributed by atoms with van der Waals surface area (Å²) >= 11 is 1.49. The Hall–Kier alpha value is -0.900. The van der Waals surface area contributed by atoms with Crippen molar-refractivity contribution in [3.8, 4) is 0 Å². The third-order valence-electron chi connectivity index (χ3n) is 1.29. The SMILES string of the molecule is CCc1csc(CC(N)=O)n1. The van der Waals surface area contributed by atoms with E-state index >= 15 is 0 Å². The number of rotatable bonds is 3. The Morgan fingerprint density at radius 2 is 2.55 bits per heavy atom. The van der Waals surface area contributed by atoms with Gasteiger partial charge in [-0.05, 0) is 6.42 Å². The lowest BCUT2D eigenvalue weighted by molar-refractivity contribution is -0.117. The van der Waals surface area contributed by atoms with Gasteiger partial charge in [0.2, 0.25) is 5.91 Å². The van der Waals surface area contributed by atoms with Crippen LogP contribution in [0.5, 0.6) is 0 Å². The van der Waals surface area contributed by atoms with Crippen LogP contribution >= 0.6 is 11.3 Å². The third-order valence-corrected chi connectivity index (χ3v) is 2.18. The summed E-state index contributed by atoms with van der Waals surface area (Å²) < 4.78 is 0. The Kier molecular flexibility index (Phi) is 2.59. The molecule has 0 aliphatic heterocycles. The maximum Gasteiger partial charge on any atom is 0.224 e. The normalized spacial score (nSPS) is 9.91. The van der Waals surface area contributed by atoms with E-state index in [1.54, 1.807) is 0 Å². The number of nitrogens with two attached hydrogens (primary N) is 1. The third kappa shape index (κ3) is 2.31. The van der Waals surface area contributed by atoms with Crippen molar-refractivity contribution in [2.45, 2.75) is 19.8 Å². The van der Waals surface area contributed by atoms with Crippen molar-refractivity contribution in [1.82, 2.24) is 4.98 Å². The predicted octanol–water partition coefficient (Wildman–Crippen LogP) is 0.733. The Labute approximate surface area is 69.3 Å². The van der Waals surface area contributed by atoms with Crippen molar-refractivity contribution in [3.05, 3.63) is 16.1 Å². The number of aromatic nitrogens is 1. The Morgan fingerprint density at radius 3 is 3.00 bits per heavy atom. The van der Waals surface area contributed by atoms with Crippen LogP contribution in [-0.4, -0.2) is 10.9 Å². The van der Waals surface area contributed by atoms with Crippen LogP contribution in [0.15, 0.2) is 5.38 Å². The predicted molar refractivity (Wildman–Crippen MR) is 44.4 cm³/mol. The largest absolute Gasteiger partial charge is 0.369 e. The van der Waals surface area contributed by atoms with Gasteiger partial charge >= 0.3 is 0 Å².